The van der Waals surface area contributed by atoms with Crippen LogP contribution in [0.3, 0.4) is 0 Å². The van der Waals surface area contributed by atoms with Crippen molar-refractivity contribution in [3.05, 3.63) is 65.9 Å². The molecule has 0 amide bonds. The number of fused-ring (bicyclic) bond motifs is 1. The van der Waals surface area contributed by atoms with Crippen LogP contribution in [-0.2, 0) is 12.1 Å². The number of ether oxygens (including phenoxy) is 2. The molecule has 1 aliphatic heterocycles. The first-order chi connectivity index (χ1) is 17.4. The smallest absolute Gasteiger partial charge is 0.194 e. The molecule has 1 N–H and O–H groups in total. The molecule has 0 fully saturated rings. The lowest BCUT2D eigenvalue weighted by Gasteiger charge is -2.40. The van der Waals surface area contributed by atoms with Gasteiger partial charge in [-0.15, -0.1) is 10.2 Å². The Bertz CT molecular complexity index is 1400. The lowest BCUT2D eigenvalue weighted by atomic mass is 9.85. The summed E-state index contributed by atoms with van der Waals surface area (Å²) < 4.78 is 46.8. The molecule has 5 rings (SSSR count). The highest BCUT2D eigenvalue weighted by Crippen LogP contribution is 2.42. The first-order valence-corrected chi connectivity index (χ1v) is 11.7. The van der Waals surface area contributed by atoms with Crippen molar-refractivity contribution in [2.75, 3.05) is 7.11 Å². The van der Waals surface area contributed by atoms with E-state index in [0.29, 0.717) is 54.9 Å². The van der Waals surface area contributed by atoms with Crippen LogP contribution in [-0.4, -0.2) is 38.1 Å². The van der Waals surface area contributed by atoms with Gasteiger partial charge in [0.15, 0.2) is 40.5 Å². The zero-order valence-electron chi connectivity index (χ0n) is 20.2. The van der Waals surface area contributed by atoms with E-state index in [-0.39, 0.29) is 5.75 Å². The van der Waals surface area contributed by atoms with Crippen molar-refractivity contribution < 1.29 is 27.8 Å². The Labute approximate surface area is 206 Å². The van der Waals surface area contributed by atoms with E-state index in [1.165, 1.54) is 6.07 Å². The number of oxazole rings is 1. The first-order valence-electron chi connectivity index (χ1n) is 11.7. The summed E-state index contributed by atoms with van der Waals surface area (Å²) in [6, 6.07) is 8.91. The summed E-state index contributed by atoms with van der Waals surface area (Å²) in [5, 5.41) is 19.9. The zero-order valence-corrected chi connectivity index (χ0v) is 20.2. The Kier molecular flexibility index (Phi) is 6.21. The Hall–Kier alpha value is -3.79. The fraction of sp³-hybridized carbons (Fsp3) is 0.346. The summed E-state index contributed by atoms with van der Waals surface area (Å²) >= 11 is 0. The molecular formula is C26H26F2N4O4. The largest absolute Gasteiger partial charge is 0.496 e. The quantitative estimate of drug-likeness (QED) is 0.383. The van der Waals surface area contributed by atoms with Gasteiger partial charge in [0.05, 0.1) is 18.9 Å². The summed E-state index contributed by atoms with van der Waals surface area (Å²) in [4.78, 5) is 4.15. The van der Waals surface area contributed by atoms with Gasteiger partial charge in [0, 0.05) is 25.1 Å². The van der Waals surface area contributed by atoms with Crippen LogP contribution in [0.1, 0.15) is 37.9 Å². The maximum absolute atomic E-state index is 13.9. The van der Waals surface area contributed by atoms with Crippen molar-refractivity contribution in [1.29, 1.82) is 0 Å². The van der Waals surface area contributed by atoms with Gasteiger partial charge in [-0.2, -0.15) is 0 Å². The summed E-state index contributed by atoms with van der Waals surface area (Å²) in [5.74, 6) is 0.822. The monoisotopic (exact) mass is 496 g/mol. The third kappa shape index (κ3) is 4.01. The molecule has 0 saturated carbocycles. The Morgan fingerprint density at radius 2 is 2.00 bits per heavy atom. The fourth-order valence-electron chi connectivity index (χ4n) is 4.73. The second-order valence-corrected chi connectivity index (χ2v) is 8.75. The maximum atomic E-state index is 13.9. The van der Waals surface area contributed by atoms with Gasteiger partial charge in [-0.05, 0) is 43.5 Å². The van der Waals surface area contributed by atoms with E-state index in [1.807, 2.05) is 29.7 Å². The third-order valence-corrected chi connectivity index (χ3v) is 6.52. The number of methoxy groups -OCH3 is 1. The highest BCUT2D eigenvalue weighted by atomic mass is 19.2. The van der Waals surface area contributed by atoms with E-state index >= 15 is 0 Å². The molecule has 1 aliphatic rings. The van der Waals surface area contributed by atoms with Crippen molar-refractivity contribution in [3.8, 4) is 34.2 Å². The van der Waals surface area contributed by atoms with Crippen molar-refractivity contribution in [3.63, 3.8) is 0 Å². The number of aromatic nitrogens is 4. The fourth-order valence-corrected chi connectivity index (χ4v) is 4.73. The number of benzene rings is 2. The number of aryl methyl sites for hydroxylation is 1. The van der Waals surface area contributed by atoms with Gasteiger partial charge in [-0.1, -0.05) is 13.0 Å². The Morgan fingerprint density at radius 1 is 1.17 bits per heavy atom. The van der Waals surface area contributed by atoms with E-state index in [9.17, 15) is 13.9 Å². The molecule has 0 spiro atoms. The molecule has 2 aromatic heterocycles. The normalized spacial score (nSPS) is 18.1. The minimum absolute atomic E-state index is 0.104. The molecule has 10 heteroatoms. The number of hydrogen-bond donors (Lipinski definition) is 1. The SMILES string of the molecule is CCC(O)C1(Oc2ccc(F)c(F)c2)CCCn2c(-c3ccc(-c4cnc(C)o4)c(OC)c3)nnc21. The number of hydrogen-bond acceptors (Lipinski definition) is 7. The minimum atomic E-state index is -1.27. The molecule has 4 aromatic rings. The van der Waals surface area contributed by atoms with E-state index < -0.39 is 23.3 Å². The second kappa shape index (κ2) is 9.34. The predicted molar refractivity (Wildman–Crippen MR) is 126 cm³/mol. The molecule has 188 valence electrons. The molecule has 0 aliphatic carbocycles. The van der Waals surface area contributed by atoms with Crippen LogP contribution in [0.4, 0.5) is 8.78 Å². The summed E-state index contributed by atoms with van der Waals surface area (Å²) in [6.07, 6.45) is 2.15. The topological polar surface area (TPSA) is 95.4 Å². The van der Waals surface area contributed by atoms with E-state index in [2.05, 4.69) is 15.2 Å². The van der Waals surface area contributed by atoms with E-state index in [1.54, 1.807) is 20.2 Å². The zero-order chi connectivity index (χ0) is 25.4. The van der Waals surface area contributed by atoms with Crippen LogP contribution in [0.25, 0.3) is 22.7 Å². The Balaban J connectivity index is 1.57. The second-order valence-electron chi connectivity index (χ2n) is 8.75. The third-order valence-electron chi connectivity index (χ3n) is 6.52. The van der Waals surface area contributed by atoms with Gasteiger partial charge in [0.1, 0.15) is 17.6 Å². The molecule has 2 aromatic carbocycles. The Morgan fingerprint density at radius 3 is 2.69 bits per heavy atom. The molecule has 36 heavy (non-hydrogen) atoms. The number of nitrogens with zero attached hydrogens (tertiary/aromatic N) is 4. The van der Waals surface area contributed by atoms with Gasteiger partial charge < -0.3 is 23.6 Å². The van der Waals surface area contributed by atoms with Crippen molar-refractivity contribution in [2.24, 2.45) is 0 Å². The van der Waals surface area contributed by atoms with Gasteiger partial charge in [0.25, 0.3) is 0 Å². The van der Waals surface area contributed by atoms with Gasteiger partial charge in [0.2, 0.25) is 0 Å². The number of halogens is 2. The molecule has 8 nitrogen and oxygen atoms in total. The van der Waals surface area contributed by atoms with Crippen LogP contribution < -0.4 is 9.47 Å². The van der Waals surface area contributed by atoms with Crippen LogP contribution in [0, 0.1) is 18.6 Å². The van der Waals surface area contributed by atoms with Crippen LogP contribution in [0.15, 0.2) is 47.0 Å². The molecule has 0 radical (unpaired) electrons. The standard InChI is InChI=1S/C26H26F2N4O4/c1-4-23(33)26(36-17-7-9-19(27)20(28)13-17)10-5-11-32-24(30-31-25(26)32)16-6-8-18(21(12-16)34-3)22-14-29-15(2)35-22/h6-9,12-14,23,33H,4-5,10-11H2,1-3H3. The molecule has 2 atom stereocenters. The van der Waals surface area contributed by atoms with Crippen molar-refractivity contribution in [2.45, 2.75) is 51.4 Å². The molecule has 0 bridgehead atoms. The van der Waals surface area contributed by atoms with E-state index in [0.717, 1.165) is 23.3 Å². The molecule has 0 saturated heterocycles. The maximum Gasteiger partial charge on any atom is 0.194 e. The van der Waals surface area contributed by atoms with Gasteiger partial charge in [-0.25, -0.2) is 13.8 Å². The summed E-state index contributed by atoms with van der Waals surface area (Å²) in [6.45, 7) is 4.20. The van der Waals surface area contributed by atoms with Gasteiger partial charge in [-0.3, -0.25) is 0 Å². The molecule has 2 unspecified atom stereocenters. The van der Waals surface area contributed by atoms with Gasteiger partial charge >= 0.3 is 0 Å². The average molecular weight is 497 g/mol. The van der Waals surface area contributed by atoms with Crippen LogP contribution in [0.5, 0.6) is 11.5 Å². The lowest BCUT2D eigenvalue weighted by Crippen LogP contribution is -2.49. The minimum Gasteiger partial charge on any atom is -0.496 e. The highest BCUT2D eigenvalue weighted by Gasteiger charge is 2.48. The number of aliphatic hydroxyl groups is 1. The van der Waals surface area contributed by atoms with Crippen LogP contribution >= 0.6 is 0 Å². The molecule has 3 heterocycles. The highest BCUT2D eigenvalue weighted by molar-refractivity contribution is 5.71. The van der Waals surface area contributed by atoms with E-state index in [4.69, 9.17) is 13.9 Å². The van der Waals surface area contributed by atoms with Crippen LogP contribution in [0.2, 0.25) is 0 Å². The molecular weight excluding hydrogens is 470 g/mol. The summed E-state index contributed by atoms with van der Waals surface area (Å²) in [5.41, 5.74) is 0.224. The summed E-state index contributed by atoms with van der Waals surface area (Å²) in [7, 11) is 1.57. The predicted octanol–water partition coefficient (Wildman–Crippen LogP) is 5.03. The number of rotatable bonds is 7. The first kappa shape index (κ1) is 23.9. The van der Waals surface area contributed by atoms with Crippen molar-refractivity contribution >= 4 is 0 Å². The lowest BCUT2D eigenvalue weighted by molar-refractivity contribution is -0.0838. The van der Waals surface area contributed by atoms with Crippen molar-refractivity contribution in [1.82, 2.24) is 19.7 Å². The average Bonchev–Trinajstić information content (AvgIpc) is 3.52. The number of aliphatic hydroxyl groups excluding tert-OH is 1.